The van der Waals surface area contributed by atoms with E-state index in [1.165, 1.54) is 18.2 Å². The van der Waals surface area contributed by atoms with Crippen molar-refractivity contribution in [2.75, 3.05) is 5.32 Å². The highest BCUT2D eigenvalue weighted by atomic mass is 35.5. The Balaban J connectivity index is 3.10. The number of hydrogen-bond acceptors (Lipinski definition) is 4. The number of amides is 1. The molecule has 19 heavy (non-hydrogen) atoms. The van der Waals surface area contributed by atoms with Crippen molar-refractivity contribution in [1.29, 1.82) is 0 Å². The molecule has 0 radical (unpaired) electrons. The van der Waals surface area contributed by atoms with Crippen LogP contribution in [-0.2, 0) is 14.8 Å². The first-order chi connectivity index (χ1) is 8.50. The monoisotopic (exact) mass is 306 g/mol. The van der Waals surface area contributed by atoms with Crippen molar-refractivity contribution in [3.8, 4) is 0 Å². The van der Waals surface area contributed by atoms with Gasteiger partial charge in [0.1, 0.15) is 10.5 Å². The van der Waals surface area contributed by atoms with Gasteiger partial charge in [0, 0.05) is 0 Å². The summed E-state index contributed by atoms with van der Waals surface area (Å²) in [4.78, 5) is 11.3. The van der Waals surface area contributed by atoms with Gasteiger partial charge in [-0.2, -0.15) is 0 Å². The van der Waals surface area contributed by atoms with Gasteiger partial charge >= 0.3 is 6.09 Å². The normalized spacial score (nSPS) is 12.1. The number of benzene rings is 1. The van der Waals surface area contributed by atoms with Crippen molar-refractivity contribution < 1.29 is 17.9 Å². The Kier molecular flexibility index (Phi) is 4.44. The molecule has 1 amide bonds. The van der Waals surface area contributed by atoms with Gasteiger partial charge in [0.05, 0.1) is 10.7 Å². The van der Waals surface area contributed by atoms with Gasteiger partial charge in [-0.1, -0.05) is 17.7 Å². The Morgan fingerprint density at radius 3 is 2.42 bits per heavy atom. The second-order valence-electron chi connectivity index (χ2n) is 4.79. The first-order valence-corrected chi connectivity index (χ1v) is 7.24. The molecule has 0 aliphatic heterocycles. The molecule has 0 aliphatic rings. The van der Waals surface area contributed by atoms with E-state index in [-0.39, 0.29) is 15.6 Å². The van der Waals surface area contributed by atoms with E-state index in [2.05, 4.69) is 5.32 Å². The molecule has 6 nitrogen and oxygen atoms in total. The van der Waals surface area contributed by atoms with Gasteiger partial charge in [0.15, 0.2) is 0 Å². The minimum absolute atomic E-state index is 0.0238. The molecule has 1 rings (SSSR count). The van der Waals surface area contributed by atoms with Crippen LogP contribution in [0.4, 0.5) is 10.5 Å². The van der Waals surface area contributed by atoms with Crippen molar-refractivity contribution >= 4 is 33.4 Å². The molecule has 0 atom stereocenters. The van der Waals surface area contributed by atoms with E-state index in [1.807, 2.05) is 0 Å². The van der Waals surface area contributed by atoms with Crippen LogP contribution in [0, 0.1) is 0 Å². The summed E-state index contributed by atoms with van der Waals surface area (Å²) in [5.41, 5.74) is -0.728. The van der Waals surface area contributed by atoms with Crippen molar-refractivity contribution in [1.82, 2.24) is 0 Å². The van der Waals surface area contributed by atoms with Crippen molar-refractivity contribution in [3.05, 3.63) is 23.2 Å². The maximum Gasteiger partial charge on any atom is 0.412 e. The predicted octanol–water partition coefficient (Wildman–Crippen LogP) is 2.33. The lowest BCUT2D eigenvalue weighted by Crippen LogP contribution is -2.28. The summed E-state index contributed by atoms with van der Waals surface area (Å²) in [6, 6.07) is 4.22. The van der Waals surface area contributed by atoms with Crippen molar-refractivity contribution in [3.63, 3.8) is 0 Å². The van der Waals surface area contributed by atoms with Gasteiger partial charge in [-0.05, 0) is 32.9 Å². The number of rotatable bonds is 2. The number of nitrogens with two attached hydrogens (primary N) is 1. The van der Waals surface area contributed by atoms with Gasteiger partial charge in [0.25, 0.3) is 0 Å². The van der Waals surface area contributed by atoms with E-state index in [9.17, 15) is 13.2 Å². The van der Waals surface area contributed by atoms with Crippen LogP contribution < -0.4 is 10.5 Å². The standard InChI is InChI=1S/C11H15ClN2O4S/c1-11(2,3)18-10(15)14-8-6-4-5-7(12)9(8)19(13,16)17/h4-6H,1-3H3,(H,14,15)(H2,13,16,17). The van der Waals surface area contributed by atoms with Gasteiger partial charge in [-0.25, -0.2) is 18.4 Å². The number of halogens is 1. The number of carbonyl (C=O) groups excluding carboxylic acids is 1. The summed E-state index contributed by atoms with van der Waals surface area (Å²) in [5, 5.41) is 7.29. The van der Waals surface area contributed by atoms with Gasteiger partial charge in [-0.3, -0.25) is 5.32 Å². The molecular weight excluding hydrogens is 292 g/mol. The summed E-state index contributed by atoms with van der Waals surface area (Å²) in [5.74, 6) is 0. The topological polar surface area (TPSA) is 98.5 Å². The maximum atomic E-state index is 11.6. The summed E-state index contributed by atoms with van der Waals surface area (Å²) in [7, 11) is -4.06. The first kappa shape index (κ1) is 15.7. The summed E-state index contributed by atoms with van der Waals surface area (Å²) >= 11 is 5.78. The zero-order chi connectivity index (χ0) is 14.8. The van der Waals surface area contributed by atoms with E-state index in [0.29, 0.717) is 0 Å². The summed E-state index contributed by atoms with van der Waals surface area (Å²) < 4.78 is 27.9. The van der Waals surface area contributed by atoms with Crippen LogP contribution in [0.1, 0.15) is 20.8 Å². The Labute approximate surface area is 116 Å². The zero-order valence-electron chi connectivity index (χ0n) is 10.7. The number of sulfonamides is 1. The third-order valence-corrected chi connectivity index (χ3v) is 3.32. The number of ether oxygens (including phenoxy) is 1. The lowest BCUT2D eigenvalue weighted by Gasteiger charge is -2.20. The molecule has 3 N–H and O–H groups in total. The highest BCUT2D eigenvalue weighted by molar-refractivity contribution is 7.89. The fourth-order valence-corrected chi connectivity index (χ4v) is 2.57. The van der Waals surface area contributed by atoms with Gasteiger partial charge in [0.2, 0.25) is 10.0 Å². The molecule has 0 aromatic heterocycles. The Bertz CT molecular complexity index is 593. The second-order valence-corrected chi connectivity index (χ2v) is 6.69. The number of hydrogen-bond donors (Lipinski definition) is 2. The van der Waals surface area contributed by atoms with Crippen LogP contribution >= 0.6 is 11.6 Å². The first-order valence-electron chi connectivity index (χ1n) is 5.32. The number of anilines is 1. The molecule has 1 aromatic rings. The third-order valence-electron chi connectivity index (χ3n) is 1.89. The highest BCUT2D eigenvalue weighted by Gasteiger charge is 2.22. The van der Waals surface area contributed by atoms with Crippen LogP contribution in [0.15, 0.2) is 23.1 Å². The molecule has 0 aliphatic carbocycles. The van der Waals surface area contributed by atoms with E-state index >= 15 is 0 Å². The molecule has 0 spiro atoms. The number of primary sulfonamides is 1. The molecule has 8 heteroatoms. The average molecular weight is 307 g/mol. The summed E-state index contributed by atoms with van der Waals surface area (Å²) in [6.45, 7) is 5.06. The Morgan fingerprint density at radius 2 is 1.95 bits per heavy atom. The lowest BCUT2D eigenvalue weighted by atomic mass is 10.2. The Hall–Kier alpha value is -1.31. The molecule has 106 valence electrons. The smallest absolute Gasteiger partial charge is 0.412 e. The fraction of sp³-hybridized carbons (Fsp3) is 0.364. The zero-order valence-corrected chi connectivity index (χ0v) is 12.3. The van der Waals surface area contributed by atoms with Crippen LogP contribution in [0.5, 0.6) is 0 Å². The van der Waals surface area contributed by atoms with Gasteiger partial charge < -0.3 is 4.74 Å². The third kappa shape index (κ3) is 4.70. The second kappa shape index (κ2) is 5.36. The molecule has 0 bridgehead atoms. The molecule has 0 heterocycles. The minimum Gasteiger partial charge on any atom is -0.444 e. The predicted molar refractivity (Wildman–Crippen MR) is 72.7 cm³/mol. The van der Waals surface area contributed by atoms with Crippen LogP contribution in [0.3, 0.4) is 0 Å². The molecule has 0 saturated heterocycles. The van der Waals surface area contributed by atoms with Crippen LogP contribution in [0.25, 0.3) is 0 Å². The maximum absolute atomic E-state index is 11.6. The van der Waals surface area contributed by atoms with Crippen molar-refractivity contribution in [2.45, 2.75) is 31.3 Å². The average Bonchev–Trinajstić information content (AvgIpc) is 2.11. The van der Waals surface area contributed by atoms with Crippen LogP contribution in [0.2, 0.25) is 5.02 Å². The van der Waals surface area contributed by atoms with E-state index in [1.54, 1.807) is 20.8 Å². The van der Waals surface area contributed by atoms with E-state index < -0.39 is 21.7 Å². The molecular formula is C11H15ClN2O4S. The SMILES string of the molecule is CC(C)(C)OC(=O)Nc1cccc(Cl)c1S(N)(=O)=O. The number of nitrogens with one attached hydrogen (secondary N) is 1. The quantitative estimate of drug-likeness (QED) is 0.876. The molecule has 1 aromatic carbocycles. The van der Waals surface area contributed by atoms with Crippen LogP contribution in [-0.4, -0.2) is 20.1 Å². The number of carbonyl (C=O) groups is 1. The summed E-state index contributed by atoms with van der Waals surface area (Å²) in [6.07, 6.45) is -0.792. The highest BCUT2D eigenvalue weighted by Crippen LogP contribution is 2.28. The van der Waals surface area contributed by atoms with E-state index in [0.717, 1.165) is 0 Å². The molecule has 0 saturated carbocycles. The van der Waals surface area contributed by atoms with Gasteiger partial charge in [-0.15, -0.1) is 0 Å². The minimum atomic E-state index is -4.06. The largest absolute Gasteiger partial charge is 0.444 e. The Morgan fingerprint density at radius 1 is 1.37 bits per heavy atom. The lowest BCUT2D eigenvalue weighted by molar-refractivity contribution is 0.0635. The fourth-order valence-electron chi connectivity index (χ4n) is 1.31. The molecule has 0 unspecified atom stereocenters. The molecule has 0 fully saturated rings. The van der Waals surface area contributed by atoms with E-state index in [4.69, 9.17) is 21.5 Å². The van der Waals surface area contributed by atoms with Crippen molar-refractivity contribution in [2.24, 2.45) is 5.14 Å².